The molecule has 0 spiro atoms. The fourth-order valence-electron chi connectivity index (χ4n) is 1.68. The van der Waals surface area contributed by atoms with Crippen molar-refractivity contribution in [2.24, 2.45) is 5.73 Å². The Labute approximate surface area is 99.1 Å². The van der Waals surface area contributed by atoms with Gasteiger partial charge in [-0.25, -0.2) is 0 Å². The Morgan fingerprint density at radius 2 is 2.44 bits per heavy atom. The number of likely N-dealkylation sites (N-methyl/N-ethyl adjacent to an activating group) is 1. The van der Waals surface area contributed by atoms with Gasteiger partial charge in [0.15, 0.2) is 0 Å². The maximum atomic E-state index is 5.53. The van der Waals surface area contributed by atoms with Gasteiger partial charge in [-0.1, -0.05) is 0 Å². The van der Waals surface area contributed by atoms with Gasteiger partial charge >= 0.3 is 0 Å². The van der Waals surface area contributed by atoms with E-state index >= 15 is 0 Å². The average molecular weight is 236 g/mol. The van der Waals surface area contributed by atoms with Crippen molar-refractivity contribution < 1.29 is 0 Å². The fraction of sp³-hybridized carbons (Fsp3) is 0.364. The molecule has 0 saturated carbocycles. The molecule has 0 atom stereocenters. The molecular formula is C11H16N4S. The van der Waals surface area contributed by atoms with E-state index in [9.17, 15) is 0 Å². The number of thiophene rings is 1. The third kappa shape index (κ3) is 2.49. The second kappa shape index (κ2) is 5.25. The van der Waals surface area contributed by atoms with E-state index < -0.39 is 0 Å². The molecule has 0 bridgehead atoms. The van der Waals surface area contributed by atoms with Crippen molar-refractivity contribution in [1.29, 1.82) is 0 Å². The van der Waals surface area contributed by atoms with Crippen LogP contribution in [0.1, 0.15) is 5.56 Å². The Bertz CT molecular complexity index is 421. The normalized spacial score (nSPS) is 11.2. The Kier molecular flexibility index (Phi) is 3.71. The first-order valence-corrected chi connectivity index (χ1v) is 6.19. The Morgan fingerprint density at radius 1 is 1.56 bits per heavy atom. The van der Waals surface area contributed by atoms with Crippen LogP contribution in [0.2, 0.25) is 0 Å². The van der Waals surface area contributed by atoms with E-state index in [4.69, 9.17) is 5.73 Å². The van der Waals surface area contributed by atoms with Crippen molar-refractivity contribution >= 4 is 11.3 Å². The molecule has 2 rings (SSSR count). The molecule has 0 unspecified atom stereocenters. The molecule has 4 nitrogen and oxygen atoms in total. The summed E-state index contributed by atoms with van der Waals surface area (Å²) in [5, 5.41) is 11.4. The third-order valence-corrected chi connectivity index (χ3v) is 3.16. The smallest absolute Gasteiger partial charge is 0.0703 e. The quantitative estimate of drug-likeness (QED) is 0.827. The van der Waals surface area contributed by atoms with Gasteiger partial charge in [0, 0.05) is 36.1 Å². The molecule has 0 aliphatic heterocycles. The van der Waals surface area contributed by atoms with Crippen LogP contribution in [0.4, 0.5) is 0 Å². The van der Waals surface area contributed by atoms with E-state index in [1.807, 2.05) is 6.20 Å². The topological polar surface area (TPSA) is 57.9 Å². The summed E-state index contributed by atoms with van der Waals surface area (Å²) in [6, 6.07) is 2.10. The van der Waals surface area contributed by atoms with E-state index in [2.05, 4.69) is 39.0 Å². The van der Waals surface area contributed by atoms with Crippen LogP contribution in [-0.4, -0.2) is 35.2 Å². The van der Waals surface area contributed by atoms with Gasteiger partial charge in [-0.15, -0.1) is 0 Å². The summed E-state index contributed by atoms with van der Waals surface area (Å²) < 4.78 is 0. The van der Waals surface area contributed by atoms with E-state index in [1.54, 1.807) is 11.3 Å². The standard InChI is InChI=1S/C11H16N4S/c1-15(4-3-12)7-10-6-13-14-11(10)9-2-5-16-8-9/h2,5-6,8H,3-4,7,12H2,1H3,(H,13,14). The van der Waals surface area contributed by atoms with E-state index in [0.717, 1.165) is 18.8 Å². The Morgan fingerprint density at radius 3 is 3.12 bits per heavy atom. The zero-order valence-corrected chi connectivity index (χ0v) is 10.1. The Hall–Kier alpha value is -1.17. The summed E-state index contributed by atoms with van der Waals surface area (Å²) in [5.74, 6) is 0. The molecule has 3 N–H and O–H groups in total. The van der Waals surface area contributed by atoms with Crippen molar-refractivity contribution in [2.75, 3.05) is 20.1 Å². The van der Waals surface area contributed by atoms with E-state index in [0.29, 0.717) is 6.54 Å². The molecule has 0 saturated heterocycles. The van der Waals surface area contributed by atoms with Crippen LogP contribution in [0, 0.1) is 0 Å². The first kappa shape index (κ1) is 11.3. The molecule has 2 aromatic heterocycles. The van der Waals surface area contributed by atoms with Gasteiger partial charge in [0.1, 0.15) is 0 Å². The highest BCUT2D eigenvalue weighted by Crippen LogP contribution is 2.23. The molecule has 0 amide bonds. The number of hydrogen-bond donors (Lipinski definition) is 2. The Balaban J connectivity index is 2.14. The lowest BCUT2D eigenvalue weighted by atomic mass is 10.1. The zero-order valence-electron chi connectivity index (χ0n) is 9.31. The lowest BCUT2D eigenvalue weighted by Crippen LogP contribution is -2.25. The average Bonchev–Trinajstić information content (AvgIpc) is 2.86. The number of nitrogens with two attached hydrogens (primary N) is 1. The summed E-state index contributed by atoms with van der Waals surface area (Å²) in [6.45, 7) is 2.45. The van der Waals surface area contributed by atoms with Crippen LogP contribution < -0.4 is 5.73 Å². The van der Waals surface area contributed by atoms with Crippen molar-refractivity contribution in [3.05, 3.63) is 28.6 Å². The van der Waals surface area contributed by atoms with Gasteiger partial charge in [0.05, 0.1) is 11.9 Å². The number of aromatic amines is 1. The minimum Gasteiger partial charge on any atom is -0.329 e. The first-order chi connectivity index (χ1) is 7.81. The predicted molar refractivity (Wildman–Crippen MR) is 67.3 cm³/mol. The molecule has 0 radical (unpaired) electrons. The summed E-state index contributed by atoms with van der Waals surface area (Å²) in [6.07, 6.45) is 1.89. The molecule has 0 fully saturated rings. The van der Waals surface area contributed by atoms with Crippen molar-refractivity contribution in [3.8, 4) is 11.3 Å². The van der Waals surface area contributed by atoms with Crippen LogP contribution >= 0.6 is 11.3 Å². The molecule has 0 aromatic carbocycles. The van der Waals surface area contributed by atoms with Gasteiger partial charge < -0.3 is 10.6 Å². The number of H-pyrrole nitrogens is 1. The summed E-state index contributed by atoms with van der Waals surface area (Å²) in [5.41, 5.74) is 9.07. The number of nitrogens with zero attached hydrogens (tertiary/aromatic N) is 2. The SMILES string of the molecule is CN(CCN)Cc1cn[nH]c1-c1ccsc1. The number of nitrogens with one attached hydrogen (secondary N) is 1. The van der Waals surface area contributed by atoms with E-state index in [1.165, 1.54) is 11.1 Å². The van der Waals surface area contributed by atoms with Crippen molar-refractivity contribution in [3.63, 3.8) is 0 Å². The highest BCUT2D eigenvalue weighted by atomic mass is 32.1. The zero-order chi connectivity index (χ0) is 11.4. The van der Waals surface area contributed by atoms with Crippen LogP contribution in [0.5, 0.6) is 0 Å². The van der Waals surface area contributed by atoms with Crippen molar-refractivity contribution in [2.45, 2.75) is 6.54 Å². The minimum absolute atomic E-state index is 0.683. The van der Waals surface area contributed by atoms with Crippen molar-refractivity contribution in [1.82, 2.24) is 15.1 Å². The lowest BCUT2D eigenvalue weighted by molar-refractivity contribution is 0.337. The second-order valence-electron chi connectivity index (χ2n) is 3.81. The largest absolute Gasteiger partial charge is 0.329 e. The molecule has 16 heavy (non-hydrogen) atoms. The van der Waals surface area contributed by atoms with Gasteiger partial charge in [-0.2, -0.15) is 16.4 Å². The van der Waals surface area contributed by atoms with Gasteiger partial charge in [-0.05, 0) is 18.5 Å². The highest BCUT2D eigenvalue weighted by molar-refractivity contribution is 7.08. The maximum absolute atomic E-state index is 5.53. The van der Waals surface area contributed by atoms with Crippen LogP contribution in [-0.2, 0) is 6.54 Å². The molecular weight excluding hydrogens is 220 g/mol. The molecule has 0 aliphatic rings. The lowest BCUT2D eigenvalue weighted by Gasteiger charge is -2.14. The van der Waals surface area contributed by atoms with Crippen LogP contribution in [0.3, 0.4) is 0 Å². The summed E-state index contributed by atoms with van der Waals surface area (Å²) >= 11 is 1.69. The summed E-state index contributed by atoms with van der Waals surface area (Å²) in [4.78, 5) is 2.20. The number of hydrogen-bond acceptors (Lipinski definition) is 4. The van der Waals surface area contributed by atoms with E-state index in [-0.39, 0.29) is 0 Å². The number of rotatable bonds is 5. The second-order valence-corrected chi connectivity index (χ2v) is 4.59. The molecule has 5 heteroatoms. The monoisotopic (exact) mass is 236 g/mol. The molecule has 2 aromatic rings. The molecule has 86 valence electrons. The molecule has 0 aliphatic carbocycles. The highest BCUT2D eigenvalue weighted by Gasteiger charge is 2.09. The maximum Gasteiger partial charge on any atom is 0.0703 e. The molecule has 2 heterocycles. The summed E-state index contributed by atoms with van der Waals surface area (Å²) in [7, 11) is 2.07. The fourth-order valence-corrected chi connectivity index (χ4v) is 2.32. The third-order valence-electron chi connectivity index (χ3n) is 2.48. The van der Waals surface area contributed by atoms with Crippen LogP contribution in [0.25, 0.3) is 11.3 Å². The number of aromatic nitrogens is 2. The minimum atomic E-state index is 0.683. The predicted octanol–water partition coefficient (Wildman–Crippen LogP) is 1.53. The van der Waals surface area contributed by atoms with Gasteiger partial charge in [0.2, 0.25) is 0 Å². The first-order valence-electron chi connectivity index (χ1n) is 5.24. The van der Waals surface area contributed by atoms with Gasteiger partial charge in [-0.3, -0.25) is 5.10 Å². The van der Waals surface area contributed by atoms with Crippen LogP contribution in [0.15, 0.2) is 23.0 Å². The van der Waals surface area contributed by atoms with Gasteiger partial charge in [0.25, 0.3) is 0 Å².